The summed E-state index contributed by atoms with van der Waals surface area (Å²) in [5.41, 5.74) is 2.78. The van der Waals surface area contributed by atoms with Crippen LogP contribution in [0.15, 0.2) is 60.7 Å². The van der Waals surface area contributed by atoms with Crippen LogP contribution in [0, 0.1) is 0 Å². The topological polar surface area (TPSA) is 115 Å². The molecule has 0 heterocycles. The molecule has 0 saturated heterocycles. The van der Waals surface area contributed by atoms with Crippen LogP contribution in [0.2, 0.25) is 0 Å². The summed E-state index contributed by atoms with van der Waals surface area (Å²) < 4.78 is 0. The molecule has 3 aromatic rings. The zero-order valence-electron chi connectivity index (χ0n) is 15.7. The summed E-state index contributed by atoms with van der Waals surface area (Å²) in [5.74, 6) is -2.94. The molecule has 0 aromatic heterocycles. The molecular formula is C24H18O6. The van der Waals surface area contributed by atoms with Crippen molar-refractivity contribution < 1.29 is 30.0 Å². The van der Waals surface area contributed by atoms with Crippen molar-refractivity contribution in [3.8, 4) is 11.5 Å². The van der Waals surface area contributed by atoms with Gasteiger partial charge in [-0.3, -0.25) is 0 Å². The van der Waals surface area contributed by atoms with Crippen molar-refractivity contribution in [2.75, 3.05) is 0 Å². The van der Waals surface area contributed by atoms with Crippen LogP contribution in [0.3, 0.4) is 0 Å². The first kappa shape index (κ1) is 20.4. The van der Waals surface area contributed by atoms with E-state index in [9.17, 15) is 19.8 Å². The van der Waals surface area contributed by atoms with E-state index in [0.717, 1.165) is 11.1 Å². The van der Waals surface area contributed by atoms with Crippen molar-refractivity contribution in [1.29, 1.82) is 0 Å². The summed E-state index contributed by atoms with van der Waals surface area (Å²) in [7, 11) is 0. The second kappa shape index (κ2) is 8.79. The Labute approximate surface area is 172 Å². The van der Waals surface area contributed by atoms with Crippen molar-refractivity contribution in [1.82, 2.24) is 0 Å². The minimum absolute atomic E-state index is 0.155. The molecule has 0 atom stereocenters. The average Bonchev–Trinajstić information content (AvgIpc) is 2.73. The van der Waals surface area contributed by atoms with Crippen LogP contribution in [0.1, 0.15) is 43.0 Å². The molecule has 150 valence electrons. The molecule has 3 rings (SSSR count). The number of carboxylic acid groups (broad SMARTS) is 2. The molecule has 0 saturated carbocycles. The Hall–Kier alpha value is -4.32. The SMILES string of the molecule is O=C(O)c1cc(C=Cc2ccc(/C=C/c3ccc(O)c(C(=O)O)c3)cc2)ccc1O. The van der Waals surface area contributed by atoms with E-state index in [-0.39, 0.29) is 22.6 Å². The Kier molecular flexibility index (Phi) is 5.98. The van der Waals surface area contributed by atoms with E-state index in [4.69, 9.17) is 10.2 Å². The monoisotopic (exact) mass is 402 g/mol. The fourth-order valence-corrected chi connectivity index (χ4v) is 2.76. The van der Waals surface area contributed by atoms with Gasteiger partial charge in [-0.2, -0.15) is 0 Å². The summed E-state index contributed by atoms with van der Waals surface area (Å²) in [5, 5.41) is 37.2. The van der Waals surface area contributed by atoms with Crippen LogP contribution in [0.4, 0.5) is 0 Å². The minimum atomic E-state index is -1.19. The summed E-state index contributed by atoms with van der Waals surface area (Å²) in [4.78, 5) is 22.2. The van der Waals surface area contributed by atoms with E-state index in [1.54, 1.807) is 24.3 Å². The zero-order valence-corrected chi connectivity index (χ0v) is 15.7. The van der Waals surface area contributed by atoms with Crippen LogP contribution in [0.25, 0.3) is 24.3 Å². The molecule has 0 aliphatic carbocycles. The largest absolute Gasteiger partial charge is 0.507 e. The molecule has 4 N–H and O–H groups in total. The van der Waals surface area contributed by atoms with Gasteiger partial charge in [-0.15, -0.1) is 0 Å². The first-order valence-electron chi connectivity index (χ1n) is 8.92. The van der Waals surface area contributed by atoms with Crippen molar-refractivity contribution in [2.24, 2.45) is 0 Å². The van der Waals surface area contributed by atoms with E-state index >= 15 is 0 Å². The molecule has 30 heavy (non-hydrogen) atoms. The average molecular weight is 402 g/mol. The number of carbonyl (C=O) groups is 2. The highest BCUT2D eigenvalue weighted by Gasteiger charge is 2.09. The standard InChI is InChI=1S/C24H18O6/c25-21-11-9-17(13-19(21)23(27)28)7-5-15-1-2-16(4-3-15)6-8-18-10-12-22(26)20(14-18)24(29)30/h1-14,25-26H,(H,27,28)(H,29,30)/b7-5+,8-6?. The minimum Gasteiger partial charge on any atom is -0.507 e. The van der Waals surface area contributed by atoms with Crippen molar-refractivity contribution in [3.63, 3.8) is 0 Å². The molecule has 3 aromatic carbocycles. The lowest BCUT2D eigenvalue weighted by Crippen LogP contribution is -1.96. The number of rotatable bonds is 6. The lowest BCUT2D eigenvalue weighted by Gasteiger charge is -2.02. The number of carboxylic acids is 2. The summed E-state index contributed by atoms with van der Waals surface area (Å²) >= 11 is 0. The number of hydrogen-bond donors (Lipinski definition) is 4. The van der Waals surface area contributed by atoms with E-state index < -0.39 is 11.9 Å². The third-order valence-corrected chi connectivity index (χ3v) is 4.37. The van der Waals surface area contributed by atoms with Gasteiger partial charge in [-0.25, -0.2) is 9.59 Å². The third kappa shape index (κ3) is 4.94. The van der Waals surface area contributed by atoms with Gasteiger partial charge in [0.05, 0.1) is 0 Å². The Morgan fingerprint density at radius 2 is 0.833 bits per heavy atom. The summed E-state index contributed by atoms with van der Waals surface area (Å²) in [6.45, 7) is 0. The van der Waals surface area contributed by atoms with E-state index in [1.807, 2.05) is 36.4 Å². The highest BCUT2D eigenvalue weighted by atomic mass is 16.4. The molecule has 0 unspecified atom stereocenters. The van der Waals surface area contributed by atoms with Gasteiger partial charge in [0, 0.05) is 0 Å². The van der Waals surface area contributed by atoms with E-state index in [0.29, 0.717) is 11.1 Å². The van der Waals surface area contributed by atoms with Crippen LogP contribution < -0.4 is 0 Å². The number of hydrogen-bond acceptors (Lipinski definition) is 4. The van der Waals surface area contributed by atoms with Gasteiger partial charge < -0.3 is 20.4 Å². The van der Waals surface area contributed by atoms with Crippen LogP contribution in [-0.4, -0.2) is 32.4 Å². The van der Waals surface area contributed by atoms with Gasteiger partial charge in [0.2, 0.25) is 0 Å². The van der Waals surface area contributed by atoms with Crippen molar-refractivity contribution in [3.05, 3.63) is 94.0 Å². The number of aromatic carboxylic acids is 2. The second-order valence-electron chi connectivity index (χ2n) is 6.50. The second-order valence-corrected chi connectivity index (χ2v) is 6.50. The van der Waals surface area contributed by atoms with Crippen LogP contribution in [0.5, 0.6) is 11.5 Å². The smallest absolute Gasteiger partial charge is 0.339 e. The lowest BCUT2D eigenvalue weighted by molar-refractivity contribution is 0.0682. The number of phenols is 2. The summed E-state index contributed by atoms with van der Waals surface area (Å²) in [6.07, 6.45) is 7.15. The first-order chi connectivity index (χ1) is 14.3. The Bertz CT molecular complexity index is 1060. The molecule has 0 radical (unpaired) electrons. The van der Waals surface area contributed by atoms with Gasteiger partial charge in [0.1, 0.15) is 22.6 Å². The molecule has 0 amide bonds. The van der Waals surface area contributed by atoms with Gasteiger partial charge >= 0.3 is 11.9 Å². The zero-order chi connectivity index (χ0) is 21.7. The van der Waals surface area contributed by atoms with Gasteiger partial charge in [0.25, 0.3) is 0 Å². The van der Waals surface area contributed by atoms with Crippen molar-refractivity contribution >= 4 is 36.2 Å². The van der Waals surface area contributed by atoms with E-state index in [2.05, 4.69) is 0 Å². The molecule has 0 spiro atoms. The highest BCUT2D eigenvalue weighted by molar-refractivity contribution is 5.92. The molecule has 0 aliphatic heterocycles. The maximum atomic E-state index is 11.1. The molecule has 6 heteroatoms. The first-order valence-corrected chi connectivity index (χ1v) is 8.92. The predicted molar refractivity (Wildman–Crippen MR) is 114 cm³/mol. The molecule has 0 aliphatic rings. The molecule has 0 bridgehead atoms. The number of aromatic hydroxyl groups is 2. The Morgan fingerprint density at radius 3 is 1.17 bits per heavy atom. The molecule has 0 fully saturated rings. The highest BCUT2D eigenvalue weighted by Crippen LogP contribution is 2.21. The van der Waals surface area contributed by atoms with E-state index in [1.165, 1.54) is 24.3 Å². The fraction of sp³-hybridized carbons (Fsp3) is 0. The Balaban J connectivity index is 1.72. The van der Waals surface area contributed by atoms with Gasteiger partial charge in [0.15, 0.2) is 0 Å². The molecule has 6 nitrogen and oxygen atoms in total. The van der Waals surface area contributed by atoms with Crippen molar-refractivity contribution in [2.45, 2.75) is 0 Å². The van der Waals surface area contributed by atoms with Crippen LogP contribution >= 0.6 is 0 Å². The number of benzene rings is 3. The predicted octanol–water partition coefficient (Wildman–Crippen LogP) is 4.84. The van der Waals surface area contributed by atoms with Crippen LogP contribution in [-0.2, 0) is 0 Å². The maximum absolute atomic E-state index is 11.1. The van der Waals surface area contributed by atoms with Gasteiger partial charge in [-0.1, -0.05) is 60.7 Å². The Morgan fingerprint density at radius 1 is 0.533 bits per heavy atom. The molecular weight excluding hydrogens is 384 g/mol. The quantitative estimate of drug-likeness (QED) is 0.439. The third-order valence-electron chi connectivity index (χ3n) is 4.37. The normalized spacial score (nSPS) is 11.2. The van der Waals surface area contributed by atoms with Gasteiger partial charge in [-0.05, 0) is 46.5 Å². The lowest BCUT2D eigenvalue weighted by atomic mass is 10.1. The fourth-order valence-electron chi connectivity index (χ4n) is 2.76. The maximum Gasteiger partial charge on any atom is 0.339 e. The summed E-state index contributed by atoms with van der Waals surface area (Å²) in [6, 6.07) is 16.3.